The number of carboxylic acid groups (broad SMARTS) is 1. The number of rotatable bonds is 11. The van der Waals surface area contributed by atoms with Crippen molar-refractivity contribution in [3.63, 3.8) is 0 Å². The molecule has 5 nitrogen and oxygen atoms in total. The molecule has 0 bridgehead atoms. The maximum Gasteiger partial charge on any atom is 0.336 e. The summed E-state index contributed by atoms with van der Waals surface area (Å²) in [5.41, 5.74) is 3.15. The number of benzene rings is 2. The van der Waals surface area contributed by atoms with E-state index < -0.39 is 5.97 Å². The zero-order valence-corrected chi connectivity index (χ0v) is 20.4. The van der Waals surface area contributed by atoms with Crippen molar-refractivity contribution in [2.45, 2.75) is 84.1 Å². The molecule has 1 aliphatic carbocycles. The zero-order chi connectivity index (χ0) is 23.8. The number of hydrogen-bond acceptors (Lipinski definition) is 3. The van der Waals surface area contributed by atoms with Gasteiger partial charge in [0.25, 0.3) is 0 Å². The van der Waals surface area contributed by atoms with Crippen molar-refractivity contribution in [1.82, 2.24) is 14.8 Å². The quantitative estimate of drug-likeness (QED) is 0.315. The lowest BCUT2D eigenvalue weighted by Gasteiger charge is -2.20. The van der Waals surface area contributed by atoms with E-state index in [4.69, 9.17) is 10.1 Å². The Kier molecular flexibility index (Phi) is 8.51. The van der Waals surface area contributed by atoms with Crippen LogP contribution in [0.2, 0.25) is 0 Å². The molecule has 3 aromatic rings. The van der Waals surface area contributed by atoms with Crippen molar-refractivity contribution >= 4 is 5.97 Å². The van der Waals surface area contributed by atoms with E-state index in [9.17, 15) is 9.90 Å². The van der Waals surface area contributed by atoms with Crippen molar-refractivity contribution in [3.05, 3.63) is 71.3 Å². The van der Waals surface area contributed by atoms with Crippen molar-refractivity contribution in [2.24, 2.45) is 5.92 Å². The molecule has 1 fully saturated rings. The van der Waals surface area contributed by atoms with Gasteiger partial charge in [-0.25, -0.2) is 14.5 Å². The Morgan fingerprint density at radius 3 is 2.53 bits per heavy atom. The van der Waals surface area contributed by atoms with Crippen LogP contribution >= 0.6 is 0 Å². The molecule has 0 spiro atoms. The molecule has 1 saturated carbocycles. The van der Waals surface area contributed by atoms with Gasteiger partial charge in [0, 0.05) is 19.4 Å². The van der Waals surface area contributed by atoms with E-state index in [1.165, 1.54) is 56.9 Å². The summed E-state index contributed by atoms with van der Waals surface area (Å²) >= 11 is 0. The van der Waals surface area contributed by atoms with E-state index in [0.717, 1.165) is 54.5 Å². The van der Waals surface area contributed by atoms with E-state index in [1.54, 1.807) is 12.1 Å². The van der Waals surface area contributed by atoms with Crippen molar-refractivity contribution in [1.29, 1.82) is 0 Å². The van der Waals surface area contributed by atoms with Gasteiger partial charge in [0.05, 0.1) is 5.56 Å². The smallest absolute Gasteiger partial charge is 0.336 e. The monoisotopic (exact) mass is 459 g/mol. The Labute approximate surface area is 203 Å². The lowest BCUT2D eigenvalue weighted by molar-refractivity contribution is 0.0697. The summed E-state index contributed by atoms with van der Waals surface area (Å²) in [6, 6.07) is 15.3. The molecular weight excluding hydrogens is 422 g/mol. The molecule has 0 atom stereocenters. The summed E-state index contributed by atoms with van der Waals surface area (Å²) in [5.74, 6) is 1.96. The lowest BCUT2D eigenvalue weighted by atomic mass is 9.86. The SMILES string of the molecule is CCCCCn1nc(CCC2CCCCC2)nc1Cc1ccc(-c2ccccc2C(=O)O)cc1. The lowest BCUT2D eigenvalue weighted by Crippen LogP contribution is -2.08. The van der Waals surface area contributed by atoms with Crippen molar-refractivity contribution in [2.75, 3.05) is 0 Å². The van der Waals surface area contributed by atoms with Gasteiger partial charge in [0.1, 0.15) is 5.82 Å². The van der Waals surface area contributed by atoms with Gasteiger partial charge in [0.2, 0.25) is 0 Å². The first-order valence-electron chi connectivity index (χ1n) is 13.0. The van der Waals surface area contributed by atoms with Crippen LogP contribution in [0.1, 0.15) is 92.3 Å². The van der Waals surface area contributed by atoms with Gasteiger partial charge in [-0.2, -0.15) is 5.10 Å². The number of unbranched alkanes of at least 4 members (excludes halogenated alkanes) is 2. The predicted octanol–water partition coefficient (Wildman–Crippen LogP) is 6.94. The molecule has 180 valence electrons. The number of aryl methyl sites for hydroxylation is 2. The molecule has 0 unspecified atom stereocenters. The molecule has 1 aromatic heterocycles. The number of carboxylic acids is 1. The first-order chi connectivity index (χ1) is 16.6. The third kappa shape index (κ3) is 6.34. The summed E-state index contributed by atoms with van der Waals surface area (Å²) < 4.78 is 2.12. The fourth-order valence-corrected chi connectivity index (χ4v) is 5.07. The standard InChI is InChI=1S/C29H37N3O2/c1-2-3-9-20-32-28(30-27(31-32)19-16-22-10-5-4-6-11-22)21-23-14-17-24(18-15-23)25-12-7-8-13-26(25)29(33)34/h7-8,12-15,17-18,22H,2-6,9-11,16,19-21H2,1H3,(H,33,34). The number of hydrogen-bond donors (Lipinski definition) is 1. The average molecular weight is 460 g/mol. The summed E-state index contributed by atoms with van der Waals surface area (Å²) in [6.07, 6.45) is 13.3. The van der Waals surface area contributed by atoms with E-state index in [-0.39, 0.29) is 0 Å². The first kappa shape index (κ1) is 24.2. The van der Waals surface area contributed by atoms with Gasteiger partial charge < -0.3 is 5.11 Å². The largest absolute Gasteiger partial charge is 0.478 e. The molecule has 1 heterocycles. The van der Waals surface area contributed by atoms with Gasteiger partial charge in [-0.3, -0.25) is 0 Å². The minimum atomic E-state index is -0.902. The third-order valence-corrected chi connectivity index (χ3v) is 7.05. The normalized spacial score (nSPS) is 14.4. The van der Waals surface area contributed by atoms with Crippen molar-refractivity contribution in [3.8, 4) is 11.1 Å². The molecule has 4 rings (SSSR count). The molecule has 34 heavy (non-hydrogen) atoms. The van der Waals surface area contributed by atoms with Crippen LogP contribution in [0.4, 0.5) is 0 Å². The molecule has 0 aliphatic heterocycles. The minimum absolute atomic E-state index is 0.327. The Bertz CT molecular complexity index is 1070. The molecule has 0 saturated heterocycles. The van der Waals surface area contributed by atoms with E-state index in [1.807, 2.05) is 24.3 Å². The van der Waals surface area contributed by atoms with E-state index in [2.05, 4.69) is 23.7 Å². The van der Waals surface area contributed by atoms with Gasteiger partial charge in [-0.05, 0) is 41.5 Å². The van der Waals surface area contributed by atoms with Crippen LogP contribution < -0.4 is 0 Å². The van der Waals surface area contributed by atoms with Crippen molar-refractivity contribution < 1.29 is 9.90 Å². The first-order valence-corrected chi connectivity index (χ1v) is 13.0. The number of aromatic nitrogens is 3. The maximum atomic E-state index is 11.6. The highest BCUT2D eigenvalue weighted by molar-refractivity contribution is 5.95. The molecule has 1 N–H and O–H groups in total. The average Bonchev–Trinajstić information content (AvgIpc) is 3.25. The second-order valence-electron chi connectivity index (χ2n) is 9.64. The third-order valence-electron chi connectivity index (χ3n) is 7.05. The van der Waals surface area contributed by atoms with E-state index >= 15 is 0 Å². The van der Waals surface area contributed by atoms with Crippen LogP contribution in [0.25, 0.3) is 11.1 Å². The molecule has 1 aliphatic rings. The Hall–Kier alpha value is -2.95. The summed E-state index contributed by atoms with van der Waals surface area (Å²) in [6.45, 7) is 3.14. The highest BCUT2D eigenvalue weighted by atomic mass is 16.4. The minimum Gasteiger partial charge on any atom is -0.478 e. The fourth-order valence-electron chi connectivity index (χ4n) is 5.07. The Morgan fingerprint density at radius 2 is 1.79 bits per heavy atom. The van der Waals surface area contributed by atoms with Crippen LogP contribution in [0.3, 0.4) is 0 Å². The van der Waals surface area contributed by atoms with Crippen LogP contribution in [0.15, 0.2) is 48.5 Å². The second-order valence-corrected chi connectivity index (χ2v) is 9.64. The number of aromatic carboxylic acids is 1. The van der Waals surface area contributed by atoms with Gasteiger partial charge >= 0.3 is 5.97 Å². The van der Waals surface area contributed by atoms with Gasteiger partial charge in [-0.1, -0.05) is 94.3 Å². The Morgan fingerprint density at radius 1 is 1.03 bits per heavy atom. The Balaban J connectivity index is 1.47. The van der Waals surface area contributed by atoms with Crippen LogP contribution in [0.5, 0.6) is 0 Å². The van der Waals surface area contributed by atoms with Gasteiger partial charge in [-0.15, -0.1) is 0 Å². The molecular formula is C29H37N3O2. The van der Waals surface area contributed by atoms with Crippen LogP contribution in [-0.4, -0.2) is 25.8 Å². The topological polar surface area (TPSA) is 68.0 Å². The summed E-state index contributed by atoms with van der Waals surface area (Å²) in [7, 11) is 0. The maximum absolute atomic E-state index is 11.6. The summed E-state index contributed by atoms with van der Waals surface area (Å²) in [4.78, 5) is 16.5. The van der Waals surface area contributed by atoms with Crippen LogP contribution in [-0.2, 0) is 19.4 Å². The number of nitrogens with zero attached hydrogens (tertiary/aromatic N) is 3. The van der Waals surface area contributed by atoms with E-state index in [0.29, 0.717) is 5.56 Å². The highest BCUT2D eigenvalue weighted by Crippen LogP contribution is 2.28. The zero-order valence-electron chi connectivity index (χ0n) is 20.4. The molecule has 0 radical (unpaired) electrons. The molecule has 0 amide bonds. The molecule has 5 heteroatoms. The molecule has 2 aromatic carbocycles. The predicted molar refractivity (Wildman–Crippen MR) is 136 cm³/mol. The van der Waals surface area contributed by atoms with Gasteiger partial charge in [0.15, 0.2) is 5.82 Å². The second kappa shape index (κ2) is 12.0. The van der Waals surface area contributed by atoms with Crippen LogP contribution in [0, 0.1) is 5.92 Å². The number of carbonyl (C=O) groups is 1. The summed E-state index contributed by atoms with van der Waals surface area (Å²) in [5, 5.41) is 14.4. The highest BCUT2D eigenvalue weighted by Gasteiger charge is 2.16. The fraction of sp³-hybridized carbons (Fsp3) is 0.483.